The lowest BCUT2D eigenvalue weighted by molar-refractivity contribution is -0.129. The lowest BCUT2D eigenvalue weighted by Crippen LogP contribution is -2.38. The number of carbonyl (C=O) groups is 1. The van der Waals surface area contributed by atoms with Crippen LogP contribution in [-0.2, 0) is 4.79 Å². The number of amides is 1. The van der Waals surface area contributed by atoms with E-state index in [4.69, 9.17) is 0 Å². The minimum Gasteiger partial charge on any atom is -0.342 e. The highest BCUT2D eigenvalue weighted by atomic mass is 32.2. The van der Waals surface area contributed by atoms with Gasteiger partial charge in [-0.3, -0.25) is 9.59 Å². The molecule has 0 aliphatic carbocycles. The van der Waals surface area contributed by atoms with Crippen molar-refractivity contribution in [3.63, 3.8) is 0 Å². The van der Waals surface area contributed by atoms with Gasteiger partial charge in [-0.1, -0.05) is 18.7 Å². The summed E-state index contributed by atoms with van der Waals surface area (Å²) in [6, 6.07) is 1.85. The van der Waals surface area contributed by atoms with E-state index in [1.54, 1.807) is 0 Å². The van der Waals surface area contributed by atoms with Crippen LogP contribution in [-0.4, -0.2) is 39.6 Å². The van der Waals surface area contributed by atoms with Gasteiger partial charge >= 0.3 is 0 Å². The second-order valence-electron chi connectivity index (χ2n) is 5.80. The van der Waals surface area contributed by atoms with Gasteiger partial charge < -0.3 is 9.88 Å². The van der Waals surface area contributed by atoms with Gasteiger partial charge in [0.1, 0.15) is 4.83 Å². The Morgan fingerprint density at radius 1 is 1.50 bits per heavy atom. The van der Waals surface area contributed by atoms with Crippen LogP contribution in [0.1, 0.15) is 24.6 Å². The molecule has 0 aromatic carbocycles. The molecule has 3 rings (SSSR count). The summed E-state index contributed by atoms with van der Waals surface area (Å²) >= 11 is 2.81. The first-order valence-electron chi connectivity index (χ1n) is 7.44. The Morgan fingerprint density at radius 2 is 2.23 bits per heavy atom. The molecule has 0 saturated carbocycles. The highest BCUT2D eigenvalue weighted by Gasteiger charge is 2.20. The first kappa shape index (κ1) is 15.6. The molecule has 1 N–H and O–H groups in total. The number of aromatic amines is 1. The van der Waals surface area contributed by atoms with E-state index in [1.807, 2.05) is 17.9 Å². The van der Waals surface area contributed by atoms with E-state index in [0.717, 1.165) is 35.6 Å². The standard InChI is InChI=1S/C15H19N3O2S2/c1-9-3-5-18(6-4-9)12(19)8-21-15-16-13(20)11-7-10(2)22-14(11)17-15/h7,9H,3-6,8H2,1-2H3,(H,16,17,20). The number of thiophene rings is 1. The monoisotopic (exact) mass is 337 g/mol. The smallest absolute Gasteiger partial charge is 0.260 e. The van der Waals surface area contributed by atoms with E-state index in [0.29, 0.717) is 22.2 Å². The van der Waals surface area contributed by atoms with E-state index in [9.17, 15) is 9.59 Å². The highest BCUT2D eigenvalue weighted by molar-refractivity contribution is 7.99. The van der Waals surface area contributed by atoms with Gasteiger partial charge in [-0.05, 0) is 31.7 Å². The molecule has 22 heavy (non-hydrogen) atoms. The van der Waals surface area contributed by atoms with Crippen LogP contribution < -0.4 is 5.56 Å². The van der Waals surface area contributed by atoms with Crippen LogP contribution in [0.3, 0.4) is 0 Å². The fourth-order valence-electron chi connectivity index (χ4n) is 2.58. The minimum absolute atomic E-state index is 0.127. The van der Waals surface area contributed by atoms with Crippen molar-refractivity contribution in [3.8, 4) is 0 Å². The van der Waals surface area contributed by atoms with E-state index >= 15 is 0 Å². The maximum Gasteiger partial charge on any atom is 0.260 e. The summed E-state index contributed by atoms with van der Waals surface area (Å²) in [5.41, 5.74) is -0.129. The molecule has 0 spiro atoms. The molecule has 0 radical (unpaired) electrons. The number of carbonyl (C=O) groups excluding carboxylic acids is 1. The number of likely N-dealkylation sites (tertiary alicyclic amines) is 1. The molecular weight excluding hydrogens is 318 g/mol. The molecule has 3 heterocycles. The molecule has 1 saturated heterocycles. The second kappa shape index (κ2) is 6.42. The molecule has 118 valence electrons. The maximum atomic E-state index is 12.2. The van der Waals surface area contributed by atoms with Crippen LogP contribution in [0.15, 0.2) is 16.0 Å². The van der Waals surface area contributed by atoms with Gasteiger partial charge in [0.25, 0.3) is 5.56 Å². The van der Waals surface area contributed by atoms with Crippen LogP contribution in [0, 0.1) is 12.8 Å². The molecule has 1 amide bonds. The zero-order valence-electron chi connectivity index (χ0n) is 12.7. The first-order valence-corrected chi connectivity index (χ1v) is 9.24. The van der Waals surface area contributed by atoms with Crippen molar-refractivity contribution >= 4 is 39.2 Å². The fourth-order valence-corrected chi connectivity index (χ4v) is 4.28. The normalized spacial score (nSPS) is 16.4. The summed E-state index contributed by atoms with van der Waals surface area (Å²) < 4.78 is 0. The summed E-state index contributed by atoms with van der Waals surface area (Å²) in [5.74, 6) is 1.16. The van der Waals surface area contributed by atoms with E-state index in [2.05, 4.69) is 16.9 Å². The second-order valence-corrected chi connectivity index (χ2v) is 8.00. The fraction of sp³-hybridized carbons (Fsp3) is 0.533. The van der Waals surface area contributed by atoms with Gasteiger partial charge in [0.15, 0.2) is 5.16 Å². The van der Waals surface area contributed by atoms with Crippen molar-refractivity contribution in [2.45, 2.75) is 31.8 Å². The number of thioether (sulfide) groups is 1. The average molecular weight is 337 g/mol. The van der Waals surface area contributed by atoms with Crippen LogP contribution in [0.2, 0.25) is 0 Å². The molecule has 0 bridgehead atoms. The molecule has 2 aromatic rings. The predicted molar refractivity (Wildman–Crippen MR) is 90.7 cm³/mol. The summed E-state index contributed by atoms with van der Waals surface area (Å²) in [7, 11) is 0. The number of aromatic nitrogens is 2. The topological polar surface area (TPSA) is 66.1 Å². The van der Waals surface area contributed by atoms with Gasteiger partial charge in [0.2, 0.25) is 5.91 Å². The number of nitrogens with one attached hydrogen (secondary N) is 1. The number of hydrogen-bond donors (Lipinski definition) is 1. The molecule has 5 nitrogen and oxygen atoms in total. The number of hydrogen-bond acceptors (Lipinski definition) is 5. The molecule has 1 aliphatic rings. The molecular formula is C15H19N3O2S2. The van der Waals surface area contributed by atoms with Crippen LogP contribution >= 0.6 is 23.1 Å². The van der Waals surface area contributed by atoms with Crippen molar-refractivity contribution < 1.29 is 4.79 Å². The Morgan fingerprint density at radius 3 is 2.95 bits per heavy atom. The third kappa shape index (κ3) is 3.35. The maximum absolute atomic E-state index is 12.2. The first-order chi connectivity index (χ1) is 10.5. The molecule has 0 atom stereocenters. The Kier molecular flexibility index (Phi) is 4.54. The number of piperidine rings is 1. The number of fused-ring (bicyclic) bond motifs is 1. The molecule has 1 aliphatic heterocycles. The zero-order chi connectivity index (χ0) is 15.7. The molecule has 7 heteroatoms. The van der Waals surface area contributed by atoms with E-state index < -0.39 is 0 Å². The highest BCUT2D eigenvalue weighted by Crippen LogP contribution is 2.23. The van der Waals surface area contributed by atoms with Crippen molar-refractivity contribution in [2.24, 2.45) is 5.92 Å². The van der Waals surface area contributed by atoms with Crippen molar-refractivity contribution in [1.29, 1.82) is 0 Å². The van der Waals surface area contributed by atoms with Crippen LogP contribution in [0.5, 0.6) is 0 Å². The van der Waals surface area contributed by atoms with E-state index in [-0.39, 0.29) is 11.5 Å². The molecule has 2 aromatic heterocycles. The van der Waals surface area contributed by atoms with Crippen molar-refractivity contribution in [1.82, 2.24) is 14.9 Å². The van der Waals surface area contributed by atoms with Gasteiger partial charge in [-0.25, -0.2) is 4.98 Å². The number of aryl methyl sites for hydroxylation is 1. The SMILES string of the molecule is Cc1cc2c(=O)[nH]c(SCC(=O)N3CCC(C)CC3)nc2s1. The van der Waals surface area contributed by atoms with Gasteiger partial charge in [0, 0.05) is 18.0 Å². The minimum atomic E-state index is -0.129. The molecule has 1 fully saturated rings. The number of H-pyrrole nitrogens is 1. The Labute approximate surface area is 137 Å². The van der Waals surface area contributed by atoms with Gasteiger partial charge in [0.05, 0.1) is 11.1 Å². The number of nitrogens with zero attached hydrogens (tertiary/aromatic N) is 2. The third-order valence-corrected chi connectivity index (χ3v) is 5.78. The summed E-state index contributed by atoms with van der Waals surface area (Å²) in [5, 5.41) is 1.15. The number of rotatable bonds is 3. The Bertz CT molecular complexity index is 745. The molecule has 0 unspecified atom stereocenters. The third-order valence-electron chi connectivity index (χ3n) is 3.97. The van der Waals surface area contributed by atoms with Gasteiger partial charge in [-0.15, -0.1) is 11.3 Å². The lowest BCUT2D eigenvalue weighted by Gasteiger charge is -2.30. The largest absolute Gasteiger partial charge is 0.342 e. The lowest BCUT2D eigenvalue weighted by atomic mass is 9.99. The van der Waals surface area contributed by atoms with Crippen LogP contribution in [0.4, 0.5) is 0 Å². The Hall–Kier alpha value is -1.34. The zero-order valence-corrected chi connectivity index (χ0v) is 14.4. The average Bonchev–Trinajstić information content (AvgIpc) is 2.86. The summed E-state index contributed by atoms with van der Waals surface area (Å²) in [4.78, 5) is 35.1. The Balaban J connectivity index is 1.66. The summed E-state index contributed by atoms with van der Waals surface area (Å²) in [6.45, 7) is 5.87. The van der Waals surface area contributed by atoms with Crippen molar-refractivity contribution in [3.05, 3.63) is 21.3 Å². The quantitative estimate of drug-likeness (QED) is 0.691. The van der Waals surface area contributed by atoms with Gasteiger partial charge in [-0.2, -0.15) is 0 Å². The van der Waals surface area contributed by atoms with Crippen molar-refractivity contribution in [2.75, 3.05) is 18.8 Å². The van der Waals surface area contributed by atoms with Crippen LogP contribution in [0.25, 0.3) is 10.2 Å². The summed E-state index contributed by atoms with van der Waals surface area (Å²) in [6.07, 6.45) is 2.15. The predicted octanol–water partition coefficient (Wildman–Crippen LogP) is 2.64. The van der Waals surface area contributed by atoms with E-state index in [1.165, 1.54) is 23.1 Å².